The van der Waals surface area contributed by atoms with Gasteiger partial charge in [0.1, 0.15) is 11.4 Å². The number of carbonyl (C=O) groups excluding carboxylic acids is 1. The van der Waals surface area contributed by atoms with Gasteiger partial charge in [-0.1, -0.05) is 19.1 Å². The van der Waals surface area contributed by atoms with Crippen molar-refractivity contribution in [2.45, 2.75) is 26.1 Å². The summed E-state index contributed by atoms with van der Waals surface area (Å²) in [7, 11) is 1.56. The molecule has 0 unspecified atom stereocenters. The second-order valence-electron chi connectivity index (χ2n) is 6.37. The third-order valence-corrected chi connectivity index (χ3v) is 4.30. The van der Waals surface area contributed by atoms with Crippen molar-refractivity contribution in [2.75, 3.05) is 12.4 Å². The zero-order chi connectivity index (χ0) is 21.0. The van der Waals surface area contributed by atoms with E-state index >= 15 is 0 Å². The number of rotatable bonds is 6. The van der Waals surface area contributed by atoms with E-state index in [0.717, 1.165) is 24.1 Å². The molecule has 0 aliphatic heterocycles. The van der Waals surface area contributed by atoms with Crippen molar-refractivity contribution in [1.29, 1.82) is 0 Å². The van der Waals surface area contributed by atoms with Crippen molar-refractivity contribution in [3.8, 4) is 17.0 Å². The van der Waals surface area contributed by atoms with Crippen LogP contribution in [0, 0.1) is 0 Å². The molecule has 29 heavy (non-hydrogen) atoms. The fourth-order valence-electron chi connectivity index (χ4n) is 2.91. The molecule has 1 heterocycles. The lowest BCUT2D eigenvalue weighted by atomic mass is 10.1. The van der Waals surface area contributed by atoms with Crippen molar-refractivity contribution in [3.63, 3.8) is 0 Å². The molecule has 0 aliphatic rings. The maximum Gasteiger partial charge on any atom is 0.416 e. The Balaban J connectivity index is 1.89. The highest BCUT2D eigenvalue weighted by molar-refractivity contribution is 6.03. The molecular formula is C21H20F3N3O2. The molecule has 0 aliphatic carbocycles. The molecule has 0 saturated carbocycles. The molecule has 0 saturated heterocycles. The van der Waals surface area contributed by atoms with E-state index in [1.54, 1.807) is 23.9 Å². The highest BCUT2D eigenvalue weighted by Crippen LogP contribution is 2.31. The van der Waals surface area contributed by atoms with Gasteiger partial charge in [-0.25, -0.2) is 0 Å². The van der Waals surface area contributed by atoms with Crippen LogP contribution in [0.5, 0.6) is 5.75 Å². The van der Waals surface area contributed by atoms with Crippen molar-refractivity contribution < 1.29 is 22.7 Å². The van der Waals surface area contributed by atoms with Crippen molar-refractivity contribution in [3.05, 3.63) is 65.9 Å². The first-order chi connectivity index (χ1) is 13.8. The van der Waals surface area contributed by atoms with Crippen LogP contribution >= 0.6 is 0 Å². The Hall–Kier alpha value is -3.29. The minimum Gasteiger partial charge on any atom is -0.496 e. The van der Waals surface area contributed by atoms with E-state index in [2.05, 4.69) is 10.4 Å². The molecule has 1 N–H and O–H groups in total. The number of ether oxygens (including phenoxy) is 1. The monoisotopic (exact) mass is 403 g/mol. The van der Waals surface area contributed by atoms with Crippen LogP contribution in [-0.2, 0) is 12.7 Å². The number of methoxy groups -OCH3 is 1. The van der Waals surface area contributed by atoms with Gasteiger partial charge in [0.2, 0.25) is 0 Å². The second kappa shape index (κ2) is 8.38. The molecule has 152 valence electrons. The van der Waals surface area contributed by atoms with Gasteiger partial charge >= 0.3 is 6.18 Å². The summed E-state index contributed by atoms with van der Waals surface area (Å²) in [5.41, 5.74) is 1.13. The molecular weight excluding hydrogens is 383 g/mol. The minimum atomic E-state index is -4.42. The van der Waals surface area contributed by atoms with Gasteiger partial charge in [-0.15, -0.1) is 0 Å². The molecule has 8 heteroatoms. The van der Waals surface area contributed by atoms with E-state index in [4.69, 9.17) is 4.74 Å². The Morgan fingerprint density at radius 1 is 1.14 bits per heavy atom. The number of aromatic nitrogens is 2. The predicted octanol–water partition coefficient (Wildman–Crippen LogP) is 5.24. The lowest BCUT2D eigenvalue weighted by Gasteiger charge is -2.09. The highest BCUT2D eigenvalue weighted by Gasteiger charge is 2.30. The zero-order valence-corrected chi connectivity index (χ0v) is 16.0. The van der Waals surface area contributed by atoms with Crippen molar-refractivity contribution >= 4 is 11.6 Å². The number of anilines is 1. The van der Waals surface area contributed by atoms with E-state index in [1.807, 2.05) is 25.1 Å². The topological polar surface area (TPSA) is 56.2 Å². The molecule has 3 rings (SSSR count). The van der Waals surface area contributed by atoms with E-state index in [9.17, 15) is 18.0 Å². The van der Waals surface area contributed by atoms with Crippen molar-refractivity contribution in [2.24, 2.45) is 0 Å². The summed E-state index contributed by atoms with van der Waals surface area (Å²) in [6.45, 7) is 2.48. The number of para-hydroxylation sites is 1. The number of hydrogen-bond donors (Lipinski definition) is 1. The molecule has 0 atom stereocenters. The summed E-state index contributed by atoms with van der Waals surface area (Å²) in [6, 6.07) is 13.3. The lowest BCUT2D eigenvalue weighted by Crippen LogP contribution is -2.18. The van der Waals surface area contributed by atoms with Crippen LogP contribution in [0.4, 0.5) is 18.9 Å². The third kappa shape index (κ3) is 4.59. The van der Waals surface area contributed by atoms with Gasteiger partial charge in [0.15, 0.2) is 0 Å². The summed E-state index contributed by atoms with van der Waals surface area (Å²) >= 11 is 0. The normalized spacial score (nSPS) is 11.3. The summed E-state index contributed by atoms with van der Waals surface area (Å²) in [6.07, 6.45) is -3.67. The van der Waals surface area contributed by atoms with Gasteiger partial charge in [-0.05, 0) is 48.9 Å². The Morgan fingerprint density at radius 2 is 1.83 bits per heavy atom. The predicted molar refractivity (Wildman–Crippen MR) is 104 cm³/mol. The first-order valence-electron chi connectivity index (χ1n) is 9.03. The van der Waals surface area contributed by atoms with Crippen LogP contribution in [0.25, 0.3) is 11.3 Å². The van der Waals surface area contributed by atoms with Gasteiger partial charge < -0.3 is 10.1 Å². The van der Waals surface area contributed by atoms with Crippen LogP contribution in [0.2, 0.25) is 0 Å². The smallest absolute Gasteiger partial charge is 0.416 e. The Bertz CT molecular complexity index is 995. The van der Waals surface area contributed by atoms with Gasteiger partial charge in [-0.2, -0.15) is 18.3 Å². The summed E-state index contributed by atoms with van der Waals surface area (Å²) in [4.78, 5) is 12.8. The number of nitrogens with zero attached hydrogens (tertiary/aromatic N) is 2. The van der Waals surface area contributed by atoms with Gasteiger partial charge in [0.25, 0.3) is 5.91 Å². The van der Waals surface area contributed by atoms with Crippen molar-refractivity contribution in [1.82, 2.24) is 9.78 Å². The van der Waals surface area contributed by atoms with Crippen LogP contribution in [0.1, 0.15) is 29.4 Å². The van der Waals surface area contributed by atoms with Gasteiger partial charge in [0.05, 0.1) is 18.4 Å². The minimum absolute atomic E-state index is 0.270. The van der Waals surface area contributed by atoms with E-state index in [-0.39, 0.29) is 5.69 Å². The summed E-state index contributed by atoms with van der Waals surface area (Å²) < 4.78 is 45.1. The third-order valence-electron chi connectivity index (χ3n) is 4.30. The van der Waals surface area contributed by atoms with Gasteiger partial charge in [0, 0.05) is 17.8 Å². The molecule has 0 radical (unpaired) electrons. The fourth-order valence-corrected chi connectivity index (χ4v) is 2.91. The van der Waals surface area contributed by atoms with Crippen LogP contribution in [0.3, 0.4) is 0 Å². The number of alkyl halides is 3. The number of nitrogens with one attached hydrogen (secondary N) is 1. The summed E-state index contributed by atoms with van der Waals surface area (Å²) in [5, 5.41) is 7.15. The molecule has 0 bridgehead atoms. The second-order valence-corrected chi connectivity index (χ2v) is 6.37. The number of carbonyl (C=O) groups is 1. The maximum atomic E-state index is 12.8. The standard InChI is InChI=1S/C21H20F3N3O2/c1-3-12-27-18(13-17(26-27)16-6-4-5-7-19(16)29-2)20(28)25-15-10-8-14(9-11-15)21(22,23)24/h4-11,13H,3,12H2,1-2H3,(H,25,28). The Labute approximate surface area is 166 Å². The number of hydrogen-bond acceptors (Lipinski definition) is 3. The molecule has 1 aromatic heterocycles. The van der Waals surface area contributed by atoms with Gasteiger partial charge in [-0.3, -0.25) is 9.48 Å². The number of halogens is 3. The van der Waals surface area contributed by atoms with Crippen LogP contribution in [0.15, 0.2) is 54.6 Å². The van der Waals surface area contributed by atoms with Crippen LogP contribution in [-0.4, -0.2) is 22.8 Å². The summed E-state index contributed by atoms with van der Waals surface area (Å²) in [5.74, 6) is 0.176. The largest absolute Gasteiger partial charge is 0.496 e. The maximum absolute atomic E-state index is 12.8. The number of benzene rings is 2. The fraction of sp³-hybridized carbons (Fsp3) is 0.238. The molecule has 2 aromatic carbocycles. The van der Waals surface area contributed by atoms with E-state index < -0.39 is 17.6 Å². The molecule has 5 nitrogen and oxygen atoms in total. The number of amides is 1. The quantitative estimate of drug-likeness (QED) is 0.612. The Kier molecular flexibility index (Phi) is 5.91. The number of aryl methyl sites for hydroxylation is 1. The van der Waals surface area contributed by atoms with Crippen LogP contribution < -0.4 is 10.1 Å². The molecule has 1 amide bonds. The average molecular weight is 403 g/mol. The lowest BCUT2D eigenvalue weighted by molar-refractivity contribution is -0.137. The zero-order valence-electron chi connectivity index (χ0n) is 16.0. The Morgan fingerprint density at radius 3 is 2.45 bits per heavy atom. The molecule has 3 aromatic rings. The van der Waals surface area contributed by atoms with E-state index in [0.29, 0.717) is 23.7 Å². The average Bonchev–Trinajstić information content (AvgIpc) is 3.12. The first kappa shape index (κ1) is 20.4. The molecule has 0 spiro atoms. The highest BCUT2D eigenvalue weighted by atomic mass is 19.4. The first-order valence-corrected chi connectivity index (χ1v) is 9.03. The SMILES string of the molecule is CCCn1nc(-c2ccccc2OC)cc1C(=O)Nc1ccc(C(F)(F)F)cc1. The molecule has 0 fully saturated rings. The van der Waals surface area contributed by atoms with E-state index in [1.165, 1.54) is 12.1 Å².